The number of carbonyl (C=O) groups is 2. The number of nitro groups is 1. The number of amides is 2. The molecule has 2 aromatic rings. The molecule has 0 bridgehead atoms. The Kier molecular flexibility index (Phi) is 7.32. The van der Waals surface area contributed by atoms with Crippen LogP contribution < -0.4 is 15.8 Å². The Morgan fingerprint density at radius 2 is 1.72 bits per heavy atom. The van der Waals surface area contributed by atoms with Gasteiger partial charge in [0, 0.05) is 31.9 Å². The highest BCUT2D eigenvalue weighted by molar-refractivity contribution is 6.02. The summed E-state index contributed by atoms with van der Waals surface area (Å²) < 4.78 is 5.53. The zero-order chi connectivity index (χ0) is 21.6. The highest BCUT2D eigenvalue weighted by Crippen LogP contribution is 2.24. The molecule has 10 nitrogen and oxygen atoms in total. The fourth-order valence-electron chi connectivity index (χ4n) is 2.70. The minimum atomic E-state index is -0.680. The van der Waals surface area contributed by atoms with Crippen LogP contribution in [0.4, 0.5) is 11.4 Å². The molecule has 0 saturated heterocycles. The highest BCUT2D eigenvalue weighted by atomic mass is 16.6. The Bertz CT molecular complexity index is 889. The first-order valence-electron chi connectivity index (χ1n) is 9.14. The first kappa shape index (κ1) is 21.9. The summed E-state index contributed by atoms with van der Waals surface area (Å²) in [6.45, 7) is 6.35. The standard InChI is InChI=1S/C19H25N5O5/c1-5-23(6-2)12-14-8-10-17(29-14)19(26)21-20-18(25)15-11-13(24(27)28)7-9-16(15)22(3)4/h7-11H,5-6,12H2,1-4H3,(H,20,25)(H,21,26). The van der Waals surface area contributed by atoms with Crippen molar-refractivity contribution in [1.82, 2.24) is 15.8 Å². The number of hydrogen-bond donors (Lipinski definition) is 2. The van der Waals surface area contributed by atoms with Gasteiger partial charge in [-0.2, -0.15) is 0 Å². The van der Waals surface area contributed by atoms with E-state index in [1.54, 1.807) is 25.1 Å². The summed E-state index contributed by atoms with van der Waals surface area (Å²) in [5, 5.41) is 11.0. The van der Waals surface area contributed by atoms with E-state index in [4.69, 9.17) is 4.42 Å². The number of nitrogens with one attached hydrogen (secondary N) is 2. The van der Waals surface area contributed by atoms with E-state index in [-0.39, 0.29) is 17.0 Å². The van der Waals surface area contributed by atoms with Crippen LogP contribution in [0.5, 0.6) is 0 Å². The zero-order valence-electron chi connectivity index (χ0n) is 16.9. The molecular weight excluding hydrogens is 378 g/mol. The third-order valence-corrected chi connectivity index (χ3v) is 4.37. The van der Waals surface area contributed by atoms with Crippen molar-refractivity contribution in [3.63, 3.8) is 0 Å². The lowest BCUT2D eigenvalue weighted by Gasteiger charge is -2.17. The predicted octanol–water partition coefficient (Wildman–Crippen LogP) is 2.17. The summed E-state index contributed by atoms with van der Waals surface area (Å²) in [5.74, 6) is -0.611. The Morgan fingerprint density at radius 1 is 1.07 bits per heavy atom. The summed E-state index contributed by atoms with van der Waals surface area (Å²) in [6, 6.07) is 7.18. The first-order valence-corrected chi connectivity index (χ1v) is 9.14. The van der Waals surface area contributed by atoms with Crippen molar-refractivity contribution in [2.24, 2.45) is 0 Å². The SMILES string of the molecule is CCN(CC)Cc1ccc(C(=O)NNC(=O)c2cc([N+](=O)[O-])ccc2N(C)C)o1. The number of hydrogen-bond acceptors (Lipinski definition) is 7. The number of nitro benzene ring substituents is 1. The molecule has 1 aromatic heterocycles. The molecule has 1 heterocycles. The first-order chi connectivity index (χ1) is 13.8. The van der Waals surface area contributed by atoms with E-state index in [9.17, 15) is 19.7 Å². The van der Waals surface area contributed by atoms with Crippen molar-refractivity contribution in [3.05, 3.63) is 57.5 Å². The van der Waals surface area contributed by atoms with Gasteiger partial charge in [0.25, 0.3) is 11.6 Å². The third kappa shape index (κ3) is 5.55. The van der Waals surface area contributed by atoms with E-state index in [2.05, 4.69) is 15.8 Å². The molecule has 0 aliphatic carbocycles. The van der Waals surface area contributed by atoms with Crippen LogP contribution in [0.25, 0.3) is 0 Å². The molecule has 10 heteroatoms. The van der Waals surface area contributed by atoms with Gasteiger partial charge in [-0.1, -0.05) is 13.8 Å². The van der Waals surface area contributed by atoms with Crippen molar-refractivity contribution >= 4 is 23.2 Å². The van der Waals surface area contributed by atoms with Gasteiger partial charge in [-0.3, -0.25) is 35.5 Å². The monoisotopic (exact) mass is 403 g/mol. The number of furan rings is 1. The molecule has 2 amide bonds. The number of rotatable bonds is 8. The third-order valence-electron chi connectivity index (χ3n) is 4.37. The van der Waals surface area contributed by atoms with E-state index in [0.29, 0.717) is 18.0 Å². The molecule has 0 unspecified atom stereocenters. The van der Waals surface area contributed by atoms with Crippen LogP contribution in [0.1, 0.15) is 40.5 Å². The Balaban J connectivity index is 2.07. The average molecular weight is 403 g/mol. The molecule has 0 atom stereocenters. The van der Waals surface area contributed by atoms with Crippen molar-refractivity contribution in [1.29, 1.82) is 0 Å². The average Bonchev–Trinajstić information content (AvgIpc) is 3.17. The lowest BCUT2D eigenvalue weighted by atomic mass is 10.1. The van der Waals surface area contributed by atoms with Crippen molar-refractivity contribution in [3.8, 4) is 0 Å². The molecule has 1 aromatic carbocycles. The molecule has 0 spiro atoms. The maximum absolute atomic E-state index is 12.5. The molecule has 0 fully saturated rings. The smallest absolute Gasteiger partial charge is 0.305 e. The van der Waals surface area contributed by atoms with E-state index in [1.807, 2.05) is 13.8 Å². The summed E-state index contributed by atoms with van der Waals surface area (Å²) in [4.78, 5) is 39.0. The fraction of sp³-hybridized carbons (Fsp3) is 0.368. The Morgan fingerprint density at radius 3 is 2.31 bits per heavy atom. The lowest BCUT2D eigenvalue weighted by molar-refractivity contribution is -0.384. The fourth-order valence-corrected chi connectivity index (χ4v) is 2.70. The molecule has 0 aliphatic heterocycles. The molecule has 156 valence electrons. The summed E-state index contributed by atoms with van der Waals surface area (Å²) in [6.07, 6.45) is 0. The molecule has 0 aliphatic rings. The normalized spacial score (nSPS) is 10.7. The van der Waals surface area contributed by atoms with Gasteiger partial charge in [0.2, 0.25) is 0 Å². The molecule has 2 rings (SSSR count). The number of carbonyl (C=O) groups excluding carboxylic acids is 2. The van der Waals surface area contributed by atoms with Gasteiger partial charge in [0.15, 0.2) is 5.76 Å². The van der Waals surface area contributed by atoms with Crippen LogP contribution >= 0.6 is 0 Å². The van der Waals surface area contributed by atoms with Crippen molar-refractivity contribution in [2.75, 3.05) is 32.1 Å². The maximum atomic E-state index is 12.5. The van der Waals surface area contributed by atoms with E-state index in [0.717, 1.165) is 19.2 Å². The van der Waals surface area contributed by atoms with Crippen LogP contribution in [0, 0.1) is 10.1 Å². The van der Waals surface area contributed by atoms with E-state index in [1.165, 1.54) is 18.2 Å². The molecule has 29 heavy (non-hydrogen) atoms. The second-order valence-electron chi connectivity index (χ2n) is 6.49. The van der Waals surface area contributed by atoms with E-state index >= 15 is 0 Å². The highest BCUT2D eigenvalue weighted by Gasteiger charge is 2.19. The van der Waals surface area contributed by atoms with Crippen LogP contribution in [0.15, 0.2) is 34.7 Å². The number of benzene rings is 1. The Labute approximate surface area is 168 Å². The number of non-ortho nitro benzene ring substituents is 1. The second kappa shape index (κ2) is 9.69. The van der Waals surface area contributed by atoms with Crippen LogP contribution in [-0.2, 0) is 6.54 Å². The predicted molar refractivity (Wildman–Crippen MR) is 108 cm³/mol. The number of nitrogens with zero attached hydrogens (tertiary/aromatic N) is 3. The van der Waals surface area contributed by atoms with Crippen LogP contribution in [0.2, 0.25) is 0 Å². The van der Waals surface area contributed by atoms with Gasteiger partial charge in [-0.05, 0) is 31.3 Å². The number of hydrazine groups is 1. The van der Waals surface area contributed by atoms with Gasteiger partial charge >= 0.3 is 5.91 Å². The quantitative estimate of drug-likeness (QED) is 0.512. The molecule has 2 N–H and O–H groups in total. The number of anilines is 1. The molecule has 0 radical (unpaired) electrons. The van der Waals surface area contributed by atoms with Gasteiger partial charge in [-0.25, -0.2) is 0 Å². The lowest BCUT2D eigenvalue weighted by Crippen LogP contribution is -2.42. The summed E-state index contributed by atoms with van der Waals surface area (Å²) in [7, 11) is 3.41. The minimum absolute atomic E-state index is 0.0549. The van der Waals surface area contributed by atoms with Crippen molar-refractivity contribution < 1.29 is 18.9 Å². The summed E-state index contributed by atoms with van der Waals surface area (Å²) in [5.41, 5.74) is 4.86. The van der Waals surface area contributed by atoms with Crippen LogP contribution in [-0.4, -0.2) is 48.8 Å². The molecule has 0 saturated carbocycles. The topological polar surface area (TPSA) is 121 Å². The zero-order valence-corrected chi connectivity index (χ0v) is 16.9. The molecular formula is C19H25N5O5. The van der Waals surface area contributed by atoms with Gasteiger partial charge in [-0.15, -0.1) is 0 Å². The van der Waals surface area contributed by atoms with Gasteiger partial charge in [0.05, 0.1) is 17.0 Å². The van der Waals surface area contributed by atoms with E-state index < -0.39 is 16.7 Å². The van der Waals surface area contributed by atoms with Crippen molar-refractivity contribution in [2.45, 2.75) is 20.4 Å². The van der Waals surface area contributed by atoms with Crippen LogP contribution in [0.3, 0.4) is 0 Å². The van der Waals surface area contributed by atoms with Gasteiger partial charge < -0.3 is 9.32 Å². The second-order valence-corrected chi connectivity index (χ2v) is 6.49. The maximum Gasteiger partial charge on any atom is 0.305 e. The summed E-state index contributed by atoms with van der Waals surface area (Å²) >= 11 is 0. The Hall–Kier alpha value is -3.40. The van der Waals surface area contributed by atoms with Gasteiger partial charge in [0.1, 0.15) is 5.76 Å². The minimum Gasteiger partial charge on any atom is -0.454 e. The largest absolute Gasteiger partial charge is 0.454 e.